The quantitative estimate of drug-likeness (QED) is 0.163. The predicted molar refractivity (Wildman–Crippen MR) is 252 cm³/mol. The average molecular weight is 762 g/mol. The Morgan fingerprint density at radius 2 is 0.932 bits per heavy atom. The van der Waals surface area contributed by atoms with Crippen LogP contribution in [-0.2, 0) is 16.2 Å². The fourth-order valence-electron chi connectivity index (χ4n) is 10.4. The molecule has 0 spiro atoms. The zero-order valence-corrected chi connectivity index (χ0v) is 35.3. The highest BCUT2D eigenvalue weighted by molar-refractivity contribution is 5.99. The van der Waals surface area contributed by atoms with E-state index in [-0.39, 0.29) is 16.2 Å². The number of fused-ring (bicyclic) bond motifs is 5. The lowest BCUT2D eigenvalue weighted by Gasteiger charge is -2.30. The number of nitrogens with zero attached hydrogens (tertiary/aromatic N) is 1. The van der Waals surface area contributed by atoms with Crippen molar-refractivity contribution in [1.82, 2.24) is 0 Å². The first-order valence-corrected chi connectivity index (χ1v) is 21.0. The van der Waals surface area contributed by atoms with Gasteiger partial charge in [0, 0.05) is 33.3 Å². The van der Waals surface area contributed by atoms with E-state index in [0.717, 1.165) is 22.6 Å². The van der Waals surface area contributed by atoms with E-state index < -0.39 is 0 Å². The summed E-state index contributed by atoms with van der Waals surface area (Å²) in [7, 11) is 0. The van der Waals surface area contributed by atoms with Crippen molar-refractivity contribution >= 4 is 28.2 Å². The van der Waals surface area contributed by atoms with E-state index in [2.05, 4.69) is 223 Å². The van der Waals surface area contributed by atoms with Gasteiger partial charge in [-0.2, -0.15) is 0 Å². The molecule has 0 unspecified atom stereocenters. The van der Waals surface area contributed by atoms with Gasteiger partial charge in [0.05, 0.1) is 0 Å². The molecule has 0 saturated carbocycles. The molecule has 3 aliphatic rings. The molecule has 288 valence electrons. The van der Waals surface area contributed by atoms with Crippen molar-refractivity contribution in [3.8, 4) is 33.4 Å². The van der Waals surface area contributed by atoms with Crippen LogP contribution < -0.4 is 4.90 Å². The molecule has 1 nitrogen and oxygen atoms in total. The molecule has 59 heavy (non-hydrogen) atoms. The average Bonchev–Trinajstić information content (AvgIpc) is 3.69. The van der Waals surface area contributed by atoms with E-state index in [1.807, 2.05) is 0 Å². The second kappa shape index (κ2) is 13.3. The lowest BCUT2D eigenvalue weighted by Crippen LogP contribution is -2.18. The number of rotatable bonds is 6. The maximum atomic E-state index is 4.81. The summed E-state index contributed by atoms with van der Waals surface area (Å²) in [5.41, 5.74) is 23.7. The van der Waals surface area contributed by atoms with Gasteiger partial charge in [0.25, 0.3) is 0 Å². The first kappa shape index (κ1) is 36.9. The summed E-state index contributed by atoms with van der Waals surface area (Å²) >= 11 is 0. The van der Waals surface area contributed by atoms with Gasteiger partial charge in [0.15, 0.2) is 0 Å². The van der Waals surface area contributed by atoms with Gasteiger partial charge in [-0.3, -0.25) is 0 Å². The number of hydrogen-bond donors (Lipinski definition) is 0. The fraction of sp³-hybridized carbons (Fsp3) is 0.172. The molecule has 0 atom stereocenters. The van der Waals surface area contributed by atoms with Gasteiger partial charge in [0.1, 0.15) is 0 Å². The minimum absolute atomic E-state index is 0.0844. The van der Waals surface area contributed by atoms with Gasteiger partial charge < -0.3 is 4.90 Å². The SMILES string of the molecule is C=C1/C(=C\C2=C(C)C(C)(C)c3cccc(-c4ccccc4)c32)C(C)(C)c2cc(N(c3ccc(-c4ccccc4)cc3)c3ccc4c(c3)C(C)(C)c3ccccc3-4)ccc21. The zero-order chi connectivity index (χ0) is 40.8. The highest BCUT2D eigenvalue weighted by atomic mass is 15.1. The molecule has 1 heteroatoms. The third-order valence-electron chi connectivity index (χ3n) is 14.0. The monoisotopic (exact) mass is 761 g/mol. The first-order chi connectivity index (χ1) is 28.4. The van der Waals surface area contributed by atoms with Crippen LogP contribution in [0, 0.1) is 0 Å². The molecule has 0 bridgehead atoms. The van der Waals surface area contributed by atoms with E-state index >= 15 is 0 Å². The van der Waals surface area contributed by atoms with Crippen LogP contribution in [0.5, 0.6) is 0 Å². The Bertz CT molecular complexity index is 2900. The summed E-state index contributed by atoms with van der Waals surface area (Å²) in [5, 5.41) is 0. The molecule has 7 aromatic carbocycles. The van der Waals surface area contributed by atoms with Crippen molar-refractivity contribution in [2.45, 2.75) is 64.7 Å². The molecule has 0 amide bonds. The van der Waals surface area contributed by atoms with Crippen LogP contribution in [0.4, 0.5) is 17.1 Å². The normalized spacial score (nSPS) is 17.1. The fourth-order valence-corrected chi connectivity index (χ4v) is 10.4. The van der Waals surface area contributed by atoms with Crippen molar-refractivity contribution in [2.24, 2.45) is 0 Å². The molecular weight excluding hydrogens is 711 g/mol. The predicted octanol–water partition coefficient (Wildman–Crippen LogP) is 15.8. The molecule has 0 heterocycles. The first-order valence-electron chi connectivity index (χ1n) is 21.0. The maximum absolute atomic E-state index is 4.81. The van der Waals surface area contributed by atoms with Crippen molar-refractivity contribution in [2.75, 3.05) is 4.90 Å². The molecule has 10 rings (SSSR count). The highest BCUT2D eigenvalue weighted by Crippen LogP contribution is 2.56. The number of allylic oxidation sites excluding steroid dienone is 5. The van der Waals surface area contributed by atoms with Crippen LogP contribution in [0.15, 0.2) is 188 Å². The second-order valence-corrected chi connectivity index (χ2v) is 18.3. The van der Waals surface area contributed by atoms with Gasteiger partial charge in [-0.1, -0.05) is 181 Å². The van der Waals surface area contributed by atoms with Crippen LogP contribution in [0.2, 0.25) is 0 Å². The Kier molecular flexibility index (Phi) is 8.31. The molecule has 0 radical (unpaired) electrons. The van der Waals surface area contributed by atoms with E-state index in [1.54, 1.807) is 0 Å². The summed E-state index contributed by atoms with van der Waals surface area (Å²) < 4.78 is 0. The Balaban J connectivity index is 1.10. The van der Waals surface area contributed by atoms with Crippen molar-refractivity contribution in [3.63, 3.8) is 0 Å². The third-order valence-corrected chi connectivity index (χ3v) is 14.0. The second-order valence-electron chi connectivity index (χ2n) is 18.3. The largest absolute Gasteiger partial charge is 0.310 e. The zero-order valence-electron chi connectivity index (χ0n) is 35.3. The summed E-state index contributed by atoms with van der Waals surface area (Å²) in [5.74, 6) is 0. The van der Waals surface area contributed by atoms with Gasteiger partial charge in [0.2, 0.25) is 0 Å². The van der Waals surface area contributed by atoms with Crippen LogP contribution >= 0.6 is 0 Å². The van der Waals surface area contributed by atoms with Crippen LogP contribution in [-0.4, -0.2) is 0 Å². The summed E-state index contributed by atoms with van der Waals surface area (Å²) in [6.07, 6.45) is 2.48. The lowest BCUT2D eigenvalue weighted by molar-refractivity contribution is 0.639. The van der Waals surface area contributed by atoms with Crippen LogP contribution in [0.3, 0.4) is 0 Å². The smallest absolute Gasteiger partial charge is 0.0465 e. The molecule has 0 aliphatic heterocycles. The summed E-state index contributed by atoms with van der Waals surface area (Å²) in [4.78, 5) is 2.45. The third kappa shape index (κ3) is 5.59. The summed E-state index contributed by atoms with van der Waals surface area (Å²) in [6, 6.07) is 60.4. The highest BCUT2D eigenvalue weighted by Gasteiger charge is 2.41. The Hall–Kier alpha value is -6.44. The molecule has 0 N–H and O–H groups in total. The number of hydrogen-bond acceptors (Lipinski definition) is 1. The lowest BCUT2D eigenvalue weighted by atomic mass is 9.80. The van der Waals surface area contributed by atoms with Crippen molar-refractivity contribution in [1.29, 1.82) is 0 Å². The van der Waals surface area contributed by atoms with E-state index in [0.29, 0.717) is 0 Å². The minimum atomic E-state index is -0.283. The van der Waals surface area contributed by atoms with E-state index in [1.165, 1.54) is 83.5 Å². The summed E-state index contributed by atoms with van der Waals surface area (Å²) in [6.45, 7) is 21.4. The van der Waals surface area contributed by atoms with Gasteiger partial charge in [-0.05, 0) is 133 Å². The molecule has 3 aliphatic carbocycles. The topological polar surface area (TPSA) is 3.24 Å². The van der Waals surface area contributed by atoms with Crippen molar-refractivity contribution in [3.05, 3.63) is 221 Å². The molecule has 7 aromatic rings. The molecular formula is C58H51N. The van der Waals surface area contributed by atoms with Crippen LogP contribution in [0.1, 0.15) is 81.8 Å². The number of anilines is 3. The molecule has 0 fully saturated rings. The van der Waals surface area contributed by atoms with E-state index in [9.17, 15) is 0 Å². The van der Waals surface area contributed by atoms with Gasteiger partial charge in [-0.25, -0.2) is 0 Å². The van der Waals surface area contributed by atoms with Crippen molar-refractivity contribution < 1.29 is 0 Å². The van der Waals surface area contributed by atoms with Gasteiger partial charge in [-0.15, -0.1) is 0 Å². The van der Waals surface area contributed by atoms with Gasteiger partial charge >= 0.3 is 0 Å². The Morgan fingerprint density at radius 1 is 0.424 bits per heavy atom. The van der Waals surface area contributed by atoms with Crippen LogP contribution in [0.25, 0.3) is 44.5 Å². The number of benzene rings is 7. The van der Waals surface area contributed by atoms with E-state index in [4.69, 9.17) is 6.58 Å². The standard InChI is InChI=1S/C58H51N/c1-37-45-32-30-43(34-53(45)58(7,8)52(37)36-49-38(2)56(3,4)51-25-17-23-46(55(49)51)41-20-13-10-14-21-41)59(42-28-26-40(27-29-42)39-18-11-9-12-19-39)44-31-33-48-47-22-15-16-24-50(47)57(5,6)54(48)35-44/h9-36H,1H2,2-8H3/b52-36+. The Morgan fingerprint density at radius 3 is 1.61 bits per heavy atom. The minimum Gasteiger partial charge on any atom is -0.310 e. The molecule has 0 aromatic heterocycles. The maximum Gasteiger partial charge on any atom is 0.0465 e. The Labute approximate surface area is 350 Å². The molecule has 0 saturated heterocycles.